The van der Waals surface area contributed by atoms with Crippen molar-refractivity contribution < 1.29 is 8.42 Å². The van der Waals surface area contributed by atoms with E-state index in [0.29, 0.717) is 11.4 Å². The van der Waals surface area contributed by atoms with E-state index in [1.165, 1.54) is 17.5 Å². The van der Waals surface area contributed by atoms with Gasteiger partial charge >= 0.3 is 0 Å². The fraction of sp³-hybridized carbons (Fsp3) is 0.250. The van der Waals surface area contributed by atoms with Crippen LogP contribution in [0.2, 0.25) is 0 Å². The Balaban J connectivity index is 2.22. The van der Waals surface area contributed by atoms with Crippen LogP contribution in [0.3, 0.4) is 0 Å². The minimum Gasteiger partial charge on any atom is -0.399 e. The normalized spacial score (nSPS) is 11.9. The van der Waals surface area contributed by atoms with Gasteiger partial charge in [-0.3, -0.25) is 5.10 Å². The van der Waals surface area contributed by atoms with Gasteiger partial charge in [-0.15, -0.1) is 0 Å². The van der Waals surface area contributed by atoms with Crippen molar-refractivity contribution in [1.29, 1.82) is 0 Å². The van der Waals surface area contributed by atoms with Crippen LogP contribution in [0.5, 0.6) is 0 Å². The van der Waals surface area contributed by atoms with Gasteiger partial charge in [0.25, 0.3) is 0 Å². The van der Waals surface area contributed by atoms with Crippen LogP contribution in [0.25, 0.3) is 0 Å². The first-order valence-corrected chi connectivity index (χ1v) is 7.16. The molecule has 1 aromatic carbocycles. The number of benzene rings is 1. The zero-order chi connectivity index (χ0) is 14.0. The fourth-order valence-corrected chi connectivity index (χ4v) is 3.01. The van der Waals surface area contributed by atoms with Crippen molar-refractivity contribution in [3.8, 4) is 0 Å². The molecule has 0 bridgehead atoms. The molecule has 1 heterocycles. The maximum absolute atomic E-state index is 12.3. The molecule has 0 spiro atoms. The summed E-state index contributed by atoms with van der Waals surface area (Å²) in [4.78, 5) is 0.199. The highest BCUT2D eigenvalue weighted by Gasteiger charge is 2.24. The van der Waals surface area contributed by atoms with Gasteiger partial charge in [-0.05, 0) is 24.6 Å². The summed E-state index contributed by atoms with van der Waals surface area (Å²) in [6, 6.07) is 7.12. The van der Waals surface area contributed by atoms with Crippen LogP contribution in [-0.2, 0) is 16.6 Å². The highest BCUT2D eigenvalue weighted by molar-refractivity contribution is 7.89. The van der Waals surface area contributed by atoms with Crippen molar-refractivity contribution in [2.75, 3.05) is 12.8 Å². The third-order valence-electron chi connectivity index (χ3n) is 2.86. The smallest absolute Gasteiger partial charge is 0.246 e. The quantitative estimate of drug-likeness (QED) is 0.821. The molecule has 2 aromatic rings. The van der Waals surface area contributed by atoms with E-state index in [0.717, 1.165) is 5.56 Å². The molecule has 6 nitrogen and oxygen atoms in total. The number of nitrogens with one attached hydrogen (secondary N) is 1. The molecule has 0 amide bonds. The average Bonchev–Trinajstić information content (AvgIpc) is 2.79. The predicted octanol–water partition coefficient (Wildman–Crippen LogP) is 1.12. The van der Waals surface area contributed by atoms with Gasteiger partial charge in [-0.2, -0.15) is 9.40 Å². The van der Waals surface area contributed by atoms with Crippen molar-refractivity contribution in [3.05, 3.63) is 41.7 Å². The summed E-state index contributed by atoms with van der Waals surface area (Å²) in [5.74, 6) is 0. The standard InChI is InChI=1S/C12H16N4O2S/c1-9-12(7-14-15-9)19(17,18)16(2)8-10-3-5-11(13)6-4-10/h3-7H,8,13H2,1-2H3,(H,14,15). The van der Waals surface area contributed by atoms with Crippen molar-refractivity contribution in [2.24, 2.45) is 0 Å². The molecule has 7 heteroatoms. The monoisotopic (exact) mass is 280 g/mol. The van der Waals surface area contributed by atoms with Crippen LogP contribution in [0.4, 0.5) is 5.69 Å². The third kappa shape index (κ3) is 2.77. The summed E-state index contributed by atoms with van der Waals surface area (Å²) in [6.07, 6.45) is 1.32. The molecule has 0 aliphatic carbocycles. The van der Waals surface area contributed by atoms with Gasteiger partial charge in [0.1, 0.15) is 4.90 Å². The molecule has 0 atom stereocenters. The SMILES string of the molecule is Cc1[nH]ncc1S(=O)(=O)N(C)Cc1ccc(N)cc1. The van der Waals surface area contributed by atoms with Gasteiger partial charge in [-0.1, -0.05) is 12.1 Å². The first-order chi connectivity index (χ1) is 8.91. The van der Waals surface area contributed by atoms with Gasteiger partial charge in [0.2, 0.25) is 10.0 Å². The Hall–Kier alpha value is -1.86. The van der Waals surface area contributed by atoms with E-state index in [-0.39, 0.29) is 11.4 Å². The maximum atomic E-state index is 12.3. The van der Waals surface area contributed by atoms with Gasteiger partial charge in [0.15, 0.2) is 0 Å². The van der Waals surface area contributed by atoms with E-state index in [9.17, 15) is 8.42 Å². The summed E-state index contributed by atoms with van der Waals surface area (Å²) in [7, 11) is -1.99. The maximum Gasteiger partial charge on any atom is 0.246 e. The highest BCUT2D eigenvalue weighted by atomic mass is 32.2. The van der Waals surface area contributed by atoms with Crippen molar-refractivity contribution in [3.63, 3.8) is 0 Å². The van der Waals surface area contributed by atoms with Gasteiger partial charge in [-0.25, -0.2) is 8.42 Å². The number of nitrogens with two attached hydrogens (primary N) is 1. The molecule has 0 unspecified atom stereocenters. The Morgan fingerprint density at radius 2 is 1.95 bits per heavy atom. The van der Waals surface area contributed by atoms with Crippen molar-refractivity contribution in [2.45, 2.75) is 18.4 Å². The molecule has 3 N–H and O–H groups in total. The molecular weight excluding hydrogens is 264 g/mol. The van der Waals surface area contributed by atoms with Crippen LogP contribution < -0.4 is 5.73 Å². The minimum absolute atomic E-state index is 0.199. The lowest BCUT2D eigenvalue weighted by Crippen LogP contribution is -2.26. The van der Waals surface area contributed by atoms with Crippen molar-refractivity contribution in [1.82, 2.24) is 14.5 Å². The Morgan fingerprint density at radius 3 is 2.47 bits per heavy atom. The Bertz CT molecular complexity index is 661. The van der Waals surface area contributed by atoms with Crippen LogP contribution in [-0.4, -0.2) is 30.0 Å². The summed E-state index contributed by atoms with van der Waals surface area (Å²) in [5.41, 5.74) is 7.66. The third-order valence-corrected chi connectivity index (χ3v) is 4.77. The second-order valence-corrected chi connectivity index (χ2v) is 6.38. The topological polar surface area (TPSA) is 92.1 Å². The van der Waals surface area contributed by atoms with E-state index in [4.69, 9.17) is 5.73 Å². The lowest BCUT2D eigenvalue weighted by molar-refractivity contribution is 0.466. The summed E-state index contributed by atoms with van der Waals surface area (Å²) < 4.78 is 25.9. The lowest BCUT2D eigenvalue weighted by Gasteiger charge is -2.16. The number of sulfonamides is 1. The van der Waals surface area contributed by atoms with Gasteiger partial charge < -0.3 is 5.73 Å². The molecule has 0 saturated heterocycles. The van der Waals surface area contributed by atoms with Crippen LogP contribution >= 0.6 is 0 Å². The van der Waals surface area contributed by atoms with Crippen LogP contribution in [0.1, 0.15) is 11.3 Å². The van der Waals surface area contributed by atoms with E-state index < -0.39 is 10.0 Å². The Kier molecular flexibility index (Phi) is 3.59. The molecule has 0 fully saturated rings. The molecule has 102 valence electrons. The minimum atomic E-state index is -3.53. The summed E-state index contributed by atoms with van der Waals surface area (Å²) in [6.45, 7) is 1.96. The van der Waals surface area contributed by atoms with E-state index in [1.807, 2.05) is 12.1 Å². The van der Waals surface area contributed by atoms with E-state index in [2.05, 4.69) is 10.2 Å². The Morgan fingerprint density at radius 1 is 1.32 bits per heavy atom. The molecule has 1 aromatic heterocycles. The zero-order valence-corrected chi connectivity index (χ0v) is 11.6. The van der Waals surface area contributed by atoms with Gasteiger partial charge in [0, 0.05) is 19.3 Å². The molecular formula is C12H16N4O2S. The summed E-state index contributed by atoms with van der Waals surface area (Å²) >= 11 is 0. The fourth-order valence-electron chi connectivity index (χ4n) is 1.73. The lowest BCUT2D eigenvalue weighted by atomic mass is 10.2. The molecule has 0 aliphatic rings. The number of hydrogen-bond donors (Lipinski definition) is 2. The van der Waals surface area contributed by atoms with Crippen LogP contribution in [0, 0.1) is 6.92 Å². The number of anilines is 1. The van der Waals surface area contributed by atoms with Gasteiger partial charge in [0.05, 0.1) is 11.9 Å². The second-order valence-electron chi connectivity index (χ2n) is 4.36. The molecule has 2 rings (SSSR count). The number of aromatic amines is 1. The number of hydrogen-bond acceptors (Lipinski definition) is 4. The number of aromatic nitrogens is 2. The van der Waals surface area contributed by atoms with Crippen LogP contribution in [0.15, 0.2) is 35.4 Å². The number of aryl methyl sites for hydroxylation is 1. The number of nitrogen functional groups attached to an aromatic ring is 1. The predicted molar refractivity (Wildman–Crippen MR) is 72.8 cm³/mol. The average molecular weight is 280 g/mol. The second kappa shape index (κ2) is 5.02. The molecule has 19 heavy (non-hydrogen) atoms. The molecule has 0 saturated carbocycles. The van der Waals surface area contributed by atoms with Crippen molar-refractivity contribution >= 4 is 15.7 Å². The Labute approximate surface area is 112 Å². The highest BCUT2D eigenvalue weighted by Crippen LogP contribution is 2.18. The summed E-state index contributed by atoms with van der Waals surface area (Å²) in [5, 5.41) is 6.37. The molecule has 0 aliphatic heterocycles. The van der Waals surface area contributed by atoms with E-state index >= 15 is 0 Å². The first kappa shape index (κ1) is 13.6. The number of H-pyrrole nitrogens is 1. The number of nitrogens with zero attached hydrogens (tertiary/aromatic N) is 2. The number of rotatable bonds is 4. The zero-order valence-electron chi connectivity index (χ0n) is 10.8. The first-order valence-electron chi connectivity index (χ1n) is 5.72. The van der Waals surface area contributed by atoms with E-state index in [1.54, 1.807) is 19.1 Å². The largest absolute Gasteiger partial charge is 0.399 e. The molecule has 0 radical (unpaired) electrons.